The molecule has 6 heteroatoms. The number of aliphatic hydroxyl groups excluding tert-OH is 1. The lowest BCUT2D eigenvalue weighted by Crippen LogP contribution is -2.41. The van der Waals surface area contributed by atoms with E-state index in [0.29, 0.717) is 5.92 Å². The van der Waals surface area contributed by atoms with Gasteiger partial charge < -0.3 is 20.5 Å². The molecule has 0 saturated heterocycles. The minimum atomic E-state index is -1.29. The molecule has 0 aromatic carbocycles. The number of esters is 1. The van der Waals surface area contributed by atoms with Crippen LogP contribution >= 0.6 is 0 Å². The van der Waals surface area contributed by atoms with Crippen molar-refractivity contribution < 1.29 is 19.4 Å². The SMILES string of the molecule is COC(=O)C(O)CNC(=O)CNCC1CC1. The third-order valence-corrected chi connectivity index (χ3v) is 2.38. The molecular weight excluding hydrogens is 212 g/mol. The Bertz CT molecular complexity index is 253. The van der Waals surface area contributed by atoms with Gasteiger partial charge in [0.15, 0.2) is 6.10 Å². The second-order valence-electron chi connectivity index (χ2n) is 3.92. The summed E-state index contributed by atoms with van der Waals surface area (Å²) >= 11 is 0. The second kappa shape index (κ2) is 6.44. The molecular formula is C10H18N2O4. The minimum Gasteiger partial charge on any atom is -0.467 e. The van der Waals surface area contributed by atoms with Gasteiger partial charge in [-0.2, -0.15) is 0 Å². The van der Waals surface area contributed by atoms with Crippen molar-refractivity contribution in [1.82, 2.24) is 10.6 Å². The van der Waals surface area contributed by atoms with Crippen molar-refractivity contribution in [2.24, 2.45) is 5.92 Å². The smallest absolute Gasteiger partial charge is 0.336 e. The summed E-state index contributed by atoms with van der Waals surface area (Å²) in [5.74, 6) is -0.261. The molecule has 0 aromatic rings. The van der Waals surface area contributed by atoms with Crippen molar-refractivity contribution in [3.05, 3.63) is 0 Å². The van der Waals surface area contributed by atoms with Gasteiger partial charge in [-0.3, -0.25) is 4.79 Å². The molecule has 1 amide bonds. The largest absolute Gasteiger partial charge is 0.467 e. The van der Waals surface area contributed by atoms with Gasteiger partial charge in [-0.05, 0) is 25.3 Å². The molecule has 3 N–H and O–H groups in total. The molecule has 0 aliphatic heterocycles. The van der Waals surface area contributed by atoms with Crippen LogP contribution in [0.5, 0.6) is 0 Å². The van der Waals surface area contributed by atoms with Crippen molar-refractivity contribution in [1.29, 1.82) is 0 Å². The predicted octanol–water partition coefficient (Wildman–Crippen LogP) is -1.36. The fraction of sp³-hybridized carbons (Fsp3) is 0.800. The van der Waals surface area contributed by atoms with Crippen LogP contribution in [-0.2, 0) is 14.3 Å². The van der Waals surface area contributed by atoms with E-state index in [0.717, 1.165) is 6.54 Å². The van der Waals surface area contributed by atoms with Crippen molar-refractivity contribution in [3.8, 4) is 0 Å². The lowest BCUT2D eigenvalue weighted by atomic mass is 10.3. The predicted molar refractivity (Wildman–Crippen MR) is 56.6 cm³/mol. The van der Waals surface area contributed by atoms with Gasteiger partial charge in [0.2, 0.25) is 5.91 Å². The summed E-state index contributed by atoms with van der Waals surface area (Å²) in [4.78, 5) is 22.0. The quantitative estimate of drug-likeness (QED) is 0.470. The molecule has 0 bridgehead atoms. The molecule has 1 fully saturated rings. The fourth-order valence-corrected chi connectivity index (χ4v) is 1.20. The first-order chi connectivity index (χ1) is 7.63. The number of methoxy groups -OCH3 is 1. The van der Waals surface area contributed by atoms with E-state index in [9.17, 15) is 14.7 Å². The summed E-state index contributed by atoms with van der Waals surface area (Å²) < 4.78 is 4.31. The van der Waals surface area contributed by atoms with Gasteiger partial charge in [-0.1, -0.05) is 0 Å². The number of hydrogen-bond acceptors (Lipinski definition) is 5. The number of amides is 1. The van der Waals surface area contributed by atoms with Gasteiger partial charge in [0.25, 0.3) is 0 Å². The zero-order valence-electron chi connectivity index (χ0n) is 9.36. The maximum atomic E-state index is 11.2. The van der Waals surface area contributed by atoms with Crippen LogP contribution in [0.1, 0.15) is 12.8 Å². The highest BCUT2D eigenvalue weighted by Gasteiger charge is 2.21. The van der Waals surface area contributed by atoms with Gasteiger partial charge in [0.1, 0.15) is 0 Å². The van der Waals surface area contributed by atoms with Gasteiger partial charge in [-0.15, -0.1) is 0 Å². The van der Waals surface area contributed by atoms with Crippen LogP contribution in [0.25, 0.3) is 0 Å². The molecule has 0 aromatic heterocycles. The summed E-state index contributed by atoms with van der Waals surface area (Å²) in [6, 6.07) is 0. The molecule has 1 aliphatic rings. The fourth-order valence-electron chi connectivity index (χ4n) is 1.20. The molecule has 0 radical (unpaired) electrons. The average molecular weight is 230 g/mol. The molecule has 1 atom stereocenters. The number of nitrogens with one attached hydrogen (secondary N) is 2. The average Bonchev–Trinajstić information content (AvgIpc) is 3.08. The van der Waals surface area contributed by atoms with E-state index in [4.69, 9.17) is 0 Å². The van der Waals surface area contributed by atoms with E-state index in [2.05, 4.69) is 15.4 Å². The lowest BCUT2D eigenvalue weighted by molar-refractivity contribution is -0.150. The maximum absolute atomic E-state index is 11.2. The van der Waals surface area contributed by atoms with Gasteiger partial charge in [0, 0.05) is 0 Å². The summed E-state index contributed by atoms with van der Waals surface area (Å²) in [6.07, 6.45) is 1.17. The molecule has 0 spiro atoms. The Balaban J connectivity index is 2.01. The molecule has 1 saturated carbocycles. The summed E-state index contributed by atoms with van der Waals surface area (Å²) in [6.45, 7) is 0.952. The topological polar surface area (TPSA) is 87.7 Å². The zero-order chi connectivity index (χ0) is 12.0. The Morgan fingerprint density at radius 1 is 1.50 bits per heavy atom. The Morgan fingerprint density at radius 3 is 2.75 bits per heavy atom. The first-order valence-electron chi connectivity index (χ1n) is 5.36. The maximum Gasteiger partial charge on any atom is 0.336 e. The van der Waals surface area contributed by atoms with Crippen molar-refractivity contribution >= 4 is 11.9 Å². The van der Waals surface area contributed by atoms with Crippen LogP contribution in [0.2, 0.25) is 0 Å². The van der Waals surface area contributed by atoms with Crippen LogP contribution in [-0.4, -0.2) is 49.8 Å². The summed E-state index contributed by atoms with van der Waals surface area (Å²) in [5, 5.41) is 14.6. The number of ether oxygens (including phenoxy) is 1. The van der Waals surface area contributed by atoms with Crippen LogP contribution in [0, 0.1) is 5.92 Å². The highest BCUT2D eigenvalue weighted by Crippen LogP contribution is 2.27. The van der Waals surface area contributed by atoms with E-state index in [1.807, 2.05) is 0 Å². The number of carbonyl (C=O) groups excluding carboxylic acids is 2. The van der Waals surface area contributed by atoms with Crippen LogP contribution in [0.15, 0.2) is 0 Å². The monoisotopic (exact) mass is 230 g/mol. The van der Waals surface area contributed by atoms with E-state index < -0.39 is 12.1 Å². The van der Waals surface area contributed by atoms with Crippen LogP contribution in [0.3, 0.4) is 0 Å². The molecule has 0 heterocycles. The summed E-state index contributed by atoms with van der Waals surface area (Å²) in [7, 11) is 1.19. The minimum absolute atomic E-state index is 0.114. The highest BCUT2D eigenvalue weighted by atomic mass is 16.5. The number of carbonyl (C=O) groups is 2. The highest BCUT2D eigenvalue weighted by molar-refractivity contribution is 5.80. The number of aliphatic hydroxyl groups is 1. The summed E-state index contributed by atoms with van der Waals surface area (Å²) in [5.41, 5.74) is 0. The van der Waals surface area contributed by atoms with Crippen molar-refractivity contribution in [2.45, 2.75) is 18.9 Å². The molecule has 1 unspecified atom stereocenters. The standard InChI is InChI=1S/C10H18N2O4/c1-16-10(15)8(13)5-12-9(14)6-11-4-7-2-3-7/h7-8,11,13H,2-6H2,1H3,(H,12,14). The number of rotatable bonds is 7. The molecule has 1 rings (SSSR count). The Kier molecular flexibility index (Phi) is 5.21. The Labute approximate surface area is 94.3 Å². The Morgan fingerprint density at radius 2 is 2.19 bits per heavy atom. The third kappa shape index (κ3) is 5.09. The van der Waals surface area contributed by atoms with E-state index in [-0.39, 0.29) is 19.0 Å². The molecule has 92 valence electrons. The molecule has 1 aliphatic carbocycles. The first-order valence-corrected chi connectivity index (χ1v) is 5.36. The van der Waals surface area contributed by atoms with E-state index in [1.165, 1.54) is 20.0 Å². The number of hydrogen-bond donors (Lipinski definition) is 3. The second-order valence-corrected chi connectivity index (χ2v) is 3.92. The van der Waals surface area contributed by atoms with E-state index >= 15 is 0 Å². The van der Waals surface area contributed by atoms with Gasteiger partial charge >= 0.3 is 5.97 Å². The zero-order valence-corrected chi connectivity index (χ0v) is 9.36. The Hall–Kier alpha value is -1.14. The van der Waals surface area contributed by atoms with Gasteiger partial charge in [0.05, 0.1) is 20.2 Å². The van der Waals surface area contributed by atoms with E-state index in [1.54, 1.807) is 0 Å². The molecule has 6 nitrogen and oxygen atoms in total. The lowest BCUT2D eigenvalue weighted by Gasteiger charge is -2.10. The van der Waals surface area contributed by atoms with Crippen LogP contribution in [0.4, 0.5) is 0 Å². The van der Waals surface area contributed by atoms with Crippen molar-refractivity contribution in [2.75, 3.05) is 26.7 Å². The third-order valence-electron chi connectivity index (χ3n) is 2.38. The van der Waals surface area contributed by atoms with Gasteiger partial charge in [-0.25, -0.2) is 4.79 Å². The molecule has 16 heavy (non-hydrogen) atoms. The van der Waals surface area contributed by atoms with Crippen molar-refractivity contribution in [3.63, 3.8) is 0 Å². The van der Waals surface area contributed by atoms with Crippen LogP contribution < -0.4 is 10.6 Å². The first kappa shape index (κ1) is 12.9. The normalized spacial score (nSPS) is 16.6.